The maximum absolute atomic E-state index is 6.08. The van der Waals surface area contributed by atoms with Crippen molar-refractivity contribution in [3.05, 3.63) is 0 Å². The first-order valence-electron chi connectivity index (χ1n) is 8.58. The molecule has 0 aromatic carbocycles. The highest BCUT2D eigenvalue weighted by Gasteiger charge is 2.22. The minimum absolute atomic E-state index is 0.376. The molecule has 1 unspecified atom stereocenters. The normalized spacial score (nSPS) is 13.7. The van der Waals surface area contributed by atoms with Crippen LogP contribution in [0.15, 0.2) is 0 Å². The highest BCUT2D eigenvalue weighted by molar-refractivity contribution is 6.18. The Kier molecular flexibility index (Phi) is 12.2. The van der Waals surface area contributed by atoms with Crippen LogP contribution in [0.1, 0.15) is 98.3 Å². The van der Waals surface area contributed by atoms with Crippen molar-refractivity contribution in [1.82, 2.24) is 0 Å². The van der Waals surface area contributed by atoms with Gasteiger partial charge in [-0.15, -0.1) is 11.6 Å². The molecule has 0 aliphatic heterocycles. The molecular formula is C18H37Cl. The summed E-state index contributed by atoms with van der Waals surface area (Å²) in [6.45, 7) is 9.23. The van der Waals surface area contributed by atoms with Gasteiger partial charge in [0.05, 0.1) is 0 Å². The second-order valence-electron chi connectivity index (χ2n) is 7.19. The Hall–Kier alpha value is 0.290. The van der Waals surface area contributed by atoms with Crippen LogP contribution in [0.4, 0.5) is 0 Å². The number of hydrogen-bond donors (Lipinski definition) is 0. The molecule has 0 N–H and O–H groups in total. The SMILES string of the molecule is CCCCCCCCCCCCC(CCl)C(C)(C)C. The van der Waals surface area contributed by atoms with Gasteiger partial charge in [0, 0.05) is 5.88 Å². The highest BCUT2D eigenvalue weighted by atomic mass is 35.5. The molecular weight excluding hydrogens is 252 g/mol. The molecule has 0 aliphatic carbocycles. The first-order valence-corrected chi connectivity index (χ1v) is 9.11. The monoisotopic (exact) mass is 288 g/mol. The van der Waals surface area contributed by atoms with Crippen LogP contribution in [0.25, 0.3) is 0 Å². The molecule has 0 aromatic rings. The van der Waals surface area contributed by atoms with Crippen LogP contribution in [0.2, 0.25) is 0 Å². The Morgan fingerprint density at radius 1 is 0.737 bits per heavy atom. The smallest absolute Gasteiger partial charge is 0.0256 e. The van der Waals surface area contributed by atoms with Crippen LogP contribution in [0, 0.1) is 11.3 Å². The molecule has 0 spiro atoms. The fourth-order valence-electron chi connectivity index (χ4n) is 2.62. The quantitative estimate of drug-likeness (QED) is 0.263. The zero-order chi connectivity index (χ0) is 14.6. The first-order chi connectivity index (χ1) is 9.02. The zero-order valence-electron chi connectivity index (χ0n) is 13.9. The molecule has 116 valence electrons. The average Bonchev–Trinajstić information content (AvgIpc) is 2.34. The Bertz CT molecular complexity index is 181. The van der Waals surface area contributed by atoms with Gasteiger partial charge in [-0.3, -0.25) is 0 Å². The van der Waals surface area contributed by atoms with E-state index in [9.17, 15) is 0 Å². The third kappa shape index (κ3) is 11.8. The van der Waals surface area contributed by atoms with E-state index in [1.165, 1.54) is 70.6 Å². The maximum Gasteiger partial charge on any atom is 0.0256 e. The van der Waals surface area contributed by atoms with Gasteiger partial charge in [-0.1, -0.05) is 91.9 Å². The summed E-state index contributed by atoms with van der Waals surface area (Å²) in [6.07, 6.45) is 15.5. The summed E-state index contributed by atoms with van der Waals surface area (Å²) in [5.74, 6) is 1.50. The number of unbranched alkanes of at least 4 members (excludes halogenated alkanes) is 9. The van der Waals surface area contributed by atoms with Gasteiger partial charge in [0.2, 0.25) is 0 Å². The van der Waals surface area contributed by atoms with Crippen LogP contribution < -0.4 is 0 Å². The van der Waals surface area contributed by atoms with Gasteiger partial charge >= 0.3 is 0 Å². The second-order valence-corrected chi connectivity index (χ2v) is 7.50. The van der Waals surface area contributed by atoms with Gasteiger partial charge < -0.3 is 0 Å². The second kappa shape index (κ2) is 12.1. The Morgan fingerprint density at radius 2 is 1.16 bits per heavy atom. The van der Waals surface area contributed by atoms with E-state index in [0.717, 1.165) is 5.88 Å². The maximum atomic E-state index is 6.08. The summed E-state index contributed by atoms with van der Waals surface area (Å²) in [6, 6.07) is 0. The number of hydrogen-bond acceptors (Lipinski definition) is 0. The van der Waals surface area contributed by atoms with Gasteiger partial charge in [-0.05, 0) is 17.8 Å². The van der Waals surface area contributed by atoms with Crippen LogP contribution in [-0.4, -0.2) is 5.88 Å². The highest BCUT2D eigenvalue weighted by Crippen LogP contribution is 2.31. The van der Waals surface area contributed by atoms with Crippen molar-refractivity contribution in [2.75, 3.05) is 5.88 Å². The van der Waals surface area contributed by atoms with Gasteiger partial charge in [-0.25, -0.2) is 0 Å². The Balaban J connectivity index is 3.31. The molecule has 1 heteroatoms. The minimum atomic E-state index is 0.376. The zero-order valence-corrected chi connectivity index (χ0v) is 14.7. The molecule has 0 saturated heterocycles. The number of rotatable bonds is 12. The third-order valence-electron chi connectivity index (χ3n) is 4.32. The standard InChI is InChI=1S/C18H37Cl/c1-5-6-7-8-9-10-11-12-13-14-15-17(16-19)18(2,3)4/h17H,5-16H2,1-4H3. The Labute approximate surface area is 127 Å². The summed E-state index contributed by atoms with van der Waals surface area (Å²) < 4.78 is 0. The fourth-order valence-corrected chi connectivity index (χ4v) is 3.24. The van der Waals surface area contributed by atoms with Crippen molar-refractivity contribution in [2.45, 2.75) is 98.3 Å². The van der Waals surface area contributed by atoms with E-state index in [4.69, 9.17) is 11.6 Å². The van der Waals surface area contributed by atoms with Crippen molar-refractivity contribution in [1.29, 1.82) is 0 Å². The molecule has 0 fully saturated rings. The van der Waals surface area contributed by atoms with Crippen molar-refractivity contribution in [2.24, 2.45) is 11.3 Å². The van der Waals surface area contributed by atoms with Crippen molar-refractivity contribution in [3.63, 3.8) is 0 Å². The van der Waals surface area contributed by atoms with Crippen molar-refractivity contribution >= 4 is 11.6 Å². The lowest BCUT2D eigenvalue weighted by Gasteiger charge is -2.29. The predicted molar refractivity (Wildman–Crippen MR) is 90.1 cm³/mol. The van der Waals surface area contributed by atoms with Crippen LogP contribution in [-0.2, 0) is 0 Å². The molecule has 0 radical (unpaired) electrons. The van der Waals surface area contributed by atoms with Crippen molar-refractivity contribution < 1.29 is 0 Å². The lowest BCUT2D eigenvalue weighted by molar-refractivity contribution is 0.244. The molecule has 19 heavy (non-hydrogen) atoms. The predicted octanol–water partition coefficient (Wildman–Crippen LogP) is 7.20. The van der Waals surface area contributed by atoms with E-state index >= 15 is 0 Å². The third-order valence-corrected chi connectivity index (χ3v) is 4.69. The van der Waals surface area contributed by atoms with E-state index in [-0.39, 0.29) is 0 Å². The minimum Gasteiger partial charge on any atom is -0.126 e. The first kappa shape index (κ1) is 19.3. The molecule has 0 bridgehead atoms. The summed E-state index contributed by atoms with van der Waals surface area (Å²) in [5.41, 5.74) is 0.376. The molecule has 0 heterocycles. The number of alkyl halides is 1. The lowest BCUT2D eigenvalue weighted by atomic mass is 9.79. The molecule has 0 rings (SSSR count). The topological polar surface area (TPSA) is 0 Å². The van der Waals surface area contributed by atoms with Crippen LogP contribution in [0.5, 0.6) is 0 Å². The van der Waals surface area contributed by atoms with Gasteiger partial charge in [-0.2, -0.15) is 0 Å². The molecule has 0 amide bonds. The average molecular weight is 289 g/mol. The van der Waals surface area contributed by atoms with E-state index in [1.54, 1.807) is 0 Å². The summed E-state index contributed by atoms with van der Waals surface area (Å²) >= 11 is 6.08. The summed E-state index contributed by atoms with van der Waals surface area (Å²) in [4.78, 5) is 0. The van der Waals surface area contributed by atoms with Crippen LogP contribution in [0.3, 0.4) is 0 Å². The van der Waals surface area contributed by atoms with E-state index in [0.29, 0.717) is 11.3 Å². The number of halogens is 1. The van der Waals surface area contributed by atoms with Gasteiger partial charge in [0.1, 0.15) is 0 Å². The molecule has 0 nitrogen and oxygen atoms in total. The largest absolute Gasteiger partial charge is 0.126 e. The van der Waals surface area contributed by atoms with Crippen LogP contribution >= 0.6 is 11.6 Å². The lowest BCUT2D eigenvalue weighted by Crippen LogP contribution is -2.21. The van der Waals surface area contributed by atoms with E-state index < -0.39 is 0 Å². The van der Waals surface area contributed by atoms with Gasteiger partial charge in [0.25, 0.3) is 0 Å². The van der Waals surface area contributed by atoms with E-state index in [2.05, 4.69) is 27.7 Å². The molecule has 1 atom stereocenters. The Morgan fingerprint density at radius 3 is 1.53 bits per heavy atom. The molecule has 0 saturated carbocycles. The molecule has 0 aromatic heterocycles. The summed E-state index contributed by atoms with van der Waals surface area (Å²) in [5, 5.41) is 0. The summed E-state index contributed by atoms with van der Waals surface area (Å²) in [7, 11) is 0. The van der Waals surface area contributed by atoms with Gasteiger partial charge in [0.15, 0.2) is 0 Å². The van der Waals surface area contributed by atoms with Crippen molar-refractivity contribution in [3.8, 4) is 0 Å². The van der Waals surface area contributed by atoms with E-state index in [1.807, 2.05) is 0 Å². The fraction of sp³-hybridized carbons (Fsp3) is 1.00. The molecule has 0 aliphatic rings.